The van der Waals surface area contributed by atoms with Crippen LogP contribution in [0.15, 0.2) is 0 Å². The summed E-state index contributed by atoms with van der Waals surface area (Å²) in [6, 6.07) is 0.345. The van der Waals surface area contributed by atoms with E-state index in [1.165, 1.54) is 51.4 Å². The van der Waals surface area contributed by atoms with Gasteiger partial charge in [-0.05, 0) is 31.6 Å². The van der Waals surface area contributed by atoms with Gasteiger partial charge in [-0.1, -0.05) is 38.5 Å². The average Bonchev–Trinajstić information content (AvgIpc) is 2.57. The lowest BCUT2D eigenvalue weighted by Crippen LogP contribution is -2.56. The van der Waals surface area contributed by atoms with Gasteiger partial charge in [0.1, 0.15) is 6.04 Å². The summed E-state index contributed by atoms with van der Waals surface area (Å²) in [6.45, 7) is 3.36. The third kappa shape index (κ3) is 4.45. The van der Waals surface area contributed by atoms with E-state index >= 15 is 0 Å². The average molecular weight is 308 g/mol. The van der Waals surface area contributed by atoms with Crippen LogP contribution in [0.1, 0.15) is 64.2 Å². The summed E-state index contributed by atoms with van der Waals surface area (Å²) in [5, 5.41) is 3.30. The number of hydrogen-bond acceptors (Lipinski definition) is 3. The molecule has 0 aromatic carbocycles. The molecule has 2 aliphatic carbocycles. The number of carbonyl (C=O) groups excluding carboxylic acids is 1. The first-order valence-electron chi connectivity index (χ1n) is 9.45. The highest BCUT2D eigenvalue weighted by molar-refractivity contribution is 5.82. The van der Waals surface area contributed by atoms with Crippen molar-refractivity contribution in [3.8, 4) is 0 Å². The number of morpholine rings is 1. The minimum Gasteiger partial charge on any atom is -0.378 e. The zero-order chi connectivity index (χ0) is 15.2. The minimum atomic E-state index is -0.0578. The van der Waals surface area contributed by atoms with Gasteiger partial charge in [0, 0.05) is 19.1 Å². The second kappa shape index (κ2) is 8.30. The quantitative estimate of drug-likeness (QED) is 0.868. The maximum Gasteiger partial charge on any atom is 0.239 e. The van der Waals surface area contributed by atoms with E-state index in [1.54, 1.807) is 0 Å². The summed E-state index contributed by atoms with van der Waals surface area (Å²) in [6.07, 6.45) is 13.0. The third-order valence-electron chi connectivity index (χ3n) is 5.71. The van der Waals surface area contributed by atoms with Gasteiger partial charge in [0.15, 0.2) is 0 Å². The Morgan fingerprint density at radius 1 is 1.00 bits per heavy atom. The van der Waals surface area contributed by atoms with Crippen LogP contribution in [-0.4, -0.2) is 49.2 Å². The summed E-state index contributed by atoms with van der Waals surface area (Å²) in [7, 11) is 0. The molecule has 4 heteroatoms. The molecule has 0 aromatic heterocycles. The van der Waals surface area contributed by atoms with E-state index in [0.29, 0.717) is 12.6 Å². The zero-order valence-corrected chi connectivity index (χ0v) is 13.9. The van der Waals surface area contributed by atoms with Gasteiger partial charge in [-0.2, -0.15) is 0 Å². The van der Waals surface area contributed by atoms with Crippen molar-refractivity contribution in [1.82, 2.24) is 10.2 Å². The first-order chi connectivity index (χ1) is 10.8. The number of nitrogens with zero attached hydrogens (tertiary/aromatic N) is 1. The molecule has 0 radical (unpaired) electrons. The first kappa shape index (κ1) is 16.3. The van der Waals surface area contributed by atoms with Gasteiger partial charge < -0.3 is 10.1 Å². The second-order valence-electron chi connectivity index (χ2n) is 7.43. The molecule has 1 heterocycles. The van der Waals surface area contributed by atoms with Gasteiger partial charge in [0.25, 0.3) is 0 Å². The SMILES string of the molecule is O=C(NC1CCCCC1)C1COCCN1CC1CCCCC1. The van der Waals surface area contributed by atoms with Crippen LogP contribution in [0.4, 0.5) is 0 Å². The van der Waals surface area contributed by atoms with Crippen LogP contribution >= 0.6 is 0 Å². The molecule has 1 amide bonds. The van der Waals surface area contributed by atoms with Crippen LogP contribution in [0.25, 0.3) is 0 Å². The molecule has 1 atom stereocenters. The third-order valence-corrected chi connectivity index (χ3v) is 5.71. The smallest absolute Gasteiger partial charge is 0.239 e. The molecule has 1 aliphatic heterocycles. The number of hydrogen-bond donors (Lipinski definition) is 1. The molecule has 3 aliphatic rings. The lowest BCUT2D eigenvalue weighted by atomic mass is 9.88. The van der Waals surface area contributed by atoms with Crippen LogP contribution in [0.3, 0.4) is 0 Å². The molecule has 1 unspecified atom stereocenters. The normalized spacial score (nSPS) is 29.4. The Bertz CT molecular complexity index is 349. The number of nitrogens with one attached hydrogen (secondary N) is 1. The van der Waals surface area contributed by atoms with Gasteiger partial charge in [-0.3, -0.25) is 9.69 Å². The fourth-order valence-corrected chi connectivity index (χ4v) is 4.34. The monoisotopic (exact) mass is 308 g/mol. The maximum absolute atomic E-state index is 12.7. The van der Waals surface area contributed by atoms with E-state index in [0.717, 1.165) is 38.5 Å². The van der Waals surface area contributed by atoms with Crippen molar-refractivity contribution in [3.63, 3.8) is 0 Å². The molecule has 3 fully saturated rings. The molecule has 4 nitrogen and oxygen atoms in total. The molecule has 22 heavy (non-hydrogen) atoms. The highest BCUT2D eigenvalue weighted by atomic mass is 16.5. The number of carbonyl (C=O) groups is 1. The van der Waals surface area contributed by atoms with Crippen LogP contribution in [0, 0.1) is 5.92 Å². The Labute approximate surface area is 135 Å². The van der Waals surface area contributed by atoms with Crippen molar-refractivity contribution in [2.75, 3.05) is 26.3 Å². The Morgan fingerprint density at radius 3 is 2.41 bits per heavy atom. The predicted molar refractivity (Wildman–Crippen MR) is 87.8 cm³/mol. The minimum absolute atomic E-state index is 0.0578. The van der Waals surface area contributed by atoms with Crippen molar-refractivity contribution in [2.45, 2.75) is 76.3 Å². The molecule has 1 N–H and O–H groups in total. The summed E-state index contributed by atoms with van der Waals surface area (Å²) >= 11 is 0. The van der Waals surface area contributed by atoms with E-state index in [9.17, 15) is 4.79 Å². The standard InChI is InChI=1S/C18H32N2O2/c21-18(19-16-9-5-2-6-10-16)17-14-22-12-11-20(17)13-15-7-3-1-4-8-15/h15-17H,1-14H2,(H,19,21). The van der Waals surface area contributed by atoms with Crippen LogP contribution < -0.4 is 5.32 Å². The van der Waals surface area contributed by atoms with Gasteiger partial charge in [0.05, 0.1) is 13.2 Å². The Balaban J connectivity index is 1.52. The summed E-state index contributed by atoms with van der Waals surface area (Å²) < 4.78 is 5.61. The molecule has 2 saturated carbocycles. The first-order valence-corrected chi connectivity index (χ1v) is 9.45. The van der Waals surface area contributed by atoms with E-state index in [1.807, 2.05) is 0 Å². The van der Waals surface area contributed by atoms with Crippen LogP contribution in [-0.2, 0) is 9.53 Å². The lowest BCUT2D eigenvalue weighted by Gasteiger charge is -2.38. The fraction of sp³-hybridized carbons (Fsp3) is 0.944. The molecule has 0 spiro atoms. The Morgan fingerprint density at radius 2 is 1.68 bits per heavy atom. The van der Waals surface area contributed by atoms with Gasteiger partial charge in [0.2, 0.25) is 5.91 Å². The molecule has 0 aromatic rings. The van der Waals surface area contributed by atoms with E-state index < -0.39 is 0 Å². The molecule has 1 saturated heterocycles. The number of rotatable bonds is 4. The highest BCUT2D eigenvalue weighted by Gasteiger charge is 2.32. The largest absolute Gasteiger partial charge is 0.378 e. The number of amides is 1. The highest BCUT2D eigenvalue weighted by Crippen LogP contribution is 2.26. The molecular weight excluding hydrogens is 276 g/mol. The second-order valence-corrected chi connectivity index (χ2v) is 7.43. The molecule has 126 valence electrons. The number of ether oxygens (including phenoxy) is 1. The molecule has 3 rings (SSSR count). The zero-order valence-electron chi connectivity index (χ0n) is 13.9. The molecule has 0 bridgehead atoms. The van der Waals surface area contributed by atoms with Gasteiger partial charge in [-0.25, -0.2) is 0 Å². The van der Waals surface area contributed by atoms with Crippen molar-refractivity contribution in [3.05, 3.63) is 0 Å². The van der Waals surface area contributed by atoms with E-state index in [4.69, 9.17) is 4.74 Å². The predicted octanol–water partition coefficient (Wildman–Crippen LogP) is 2.72. The van der Waals surface area contributed by atoms with Gasteiger partial charge >= 0.3 is 0 Å². The van der Waals surface area contributed by atoms with Crippen molar-refractivity contribution >= 4 is 5.91 Å². The van der Waals surface area contributed by atoms with Crippen LogP contribution in [0.2, 0.25) is 0 Å². The van der Waals surface area contributed by atoms with E-state index in [-0.39, 0.29) is 11.9 Å². The summed E-state index contributed by atoms with van der Waals surface area (Å²) in [4.78, 5) is 15.1. The topological polar surface area (TPSA) is 41.6 Å². The van der Waals surface area contributed by atoms with Crippen molar-refractivity contribution in [2.24, 2.45) is 5.92 Å². The lowest BCUT2D eigenvalue weighted by molar-refractivity contribution is -0.134. The van der Waals surface area contributed by atoms with Crippen LogP contribution in [0.5, 0.6) is 0 Å². The Kier molecular flexibility index (Phi) is 6.13. The van der Waals surface area contributed by atoms with Crippen molar-refractivity contribution in [1.29, 1.82) is 0 Å². The molecular formula is C18H32N2O2. The van der Waals surface area contributed by atoms with Crippen molar-refractivity contribution < 1.29 is 9.53 Å². The van der Waals surface area contributed by atoms with Gasteiger partial charge in [-0.15, -0.1) is 0 Å². The Hall–Kier alpha value is -0.610. The maximum atomic E-state index is 12.7. The summed E-state index contributed by atoms with van der Waals surface area (Å²) in [5.74, 6) is 0.999. The summed E-state index contributed by atoms with van der Waals surface area (Å²) in [5.41, 5.74) is 0. The fourth-order valence-electron chi connectivity index (χ4n) is 4.34. The van der Waals surface area contributed by atoms with E-state index in [2.05, 4.69) is 10.2 Å².